The number of halogens is 1. The smallest absolute Gasteiger partial charge is 0.374 e. The molecule has 0 radical (unpaired) electrons. The fourth-order valence-corrected chi connectivity index (χ4v) is 4.63. The van der Waals surface area contributed by atoms with Gasteiger partial charge in [-0.2, -0.15) is 0 Å². The Labute approximate surface area is 197 Å². The number of ether oxygens (including phenoxy) is 1. The summed E-state index contributed by atoms with van der Waals surface area (Å²) < 4.78 is 5.41. The maximum atomic E-state index is 12.6. The summed E-state index contributed by atoms with van der Waals surface area (Å²) in [6.45, 7) is 6.40. The maximum absolute atomic E-state index is 12.6. The number of pyridine rings is 1. The van der Waals surface area contributed by atoms with Crippen LogP contribution in [0, 0.1) is 6.92 Å². The van der Waals surface area contributed by atoms with Crippen molar-refractivity contribution < 1.29 is 9.53 Å². The van der Waals surface area contributed by atoms with Gasteiger partial charge in [0.15, 0.2) is 0 Å². The second-order valence-corrected chi connectivity index (χ2v) is 8.67. The van der Waals surface area contributed by atoms with Gasteiger partial charge < -0.3 is 9.64 Å². The van der Waals surface area contributed by atoms with E-state index < -0.39 is 6.09 Å². The van der Waals surface area contributed by atoms with Crippen molar-refractivity contribution in [3.63, 3.8) is 0 Å². The fourth-order valence-electron chi connectivity index (χ4n) is 4.34. The lowest BCUT2D eigenvalue weighted by molar-refractivity contribution is -0.0631. The average molecular weight is 465 g/mol. The molecule has 1 fully saturated rings. The molecule has 0 N–H and O–H groups in total. The summed E-state index contributed by atoms with van der Waals surface area (Å²) in [6, 6.07) is 10.0. The van der Waals surface area contributed by atoms with E-state index in [0.717, 1.165) is 54.4 Å². The number of hydrogen-bond donors (Lipinski definition) is 0. The molecular formula is C24H25ClN6O2. The number of rotatable bonds is 3. The minimum atomic E-state index is -0.419. The van der Waals surface area contributed by atoms with Gasteiger partial charge in [0.25, 0.3) is 0 Å². The Morgan fingerprint density at radius 2 is 1.76 bits per heavy atom. The third-order valence-corrected chi connectivity index (χ3v) is 6.49. The van der Waals surface area contributed by atoms with Crippen molar-refractivity contribution in [1.82, 2.24) is 29.9 Å². The Morgan fingerprint density at radius 3 is 2.52 bits per heavy atom. The molecule has 2 aliphatic rings. The number of fused-ring (bicyclic) bond motifs is 1. The SMILES string of the molecule is Cc1cc(-c2cnc(OC(=O)N3CCN(N4CCc5c(Cl)cccc5C4)CC3)nc2)ccn1. The van der Waals surface area contributed by atoms with Gasteiger partial charge in [-0.15, -0.1) is 0 Å². The van der Waals surface area contributed by atoms with Crippen LogP contribution >= 0.6 is 11.6 Å². The van der Waals surface area contributed by atoms with E-state index in [1.165, 1.54) is 11.1 Å². The van der Waals surface area contributed by atoms with Crippen LogP contribution in [0.15, 0.2) is 48.9 Å². The number of carbonyl (C=O) groups is 1. The Morgan fingerprint density at radius 1 is 0.970 bits per heavy atom. The highest BCUT2D eigenvalue weighted by atomic mass is 35.5. The quantitative estimate of drug-likeness (QED) is 0.586. The molecule has 170 valence electrons. The molecule has 0 atom stereocenters. The zero-order chi connectivity index (χ0) is 22.8. The van der Waals surface area contributed by atoms with Crippen LogP contribution in [0.25, 0.3) is 11.1 Å². The normalized spacial score (nSPS) is 17.0. The lowest BCUT2D eigenvalue weighted by Crippen LogP contribution is -2.56. The molecular weight excluding hydrogens is 440 g/mol. The van der Waals surface area contributed by atoms with E-state index in [0.29, 0.717) is 13.1 Å². The monoisotopic (exact) mass is 464 g/mol. The minimum absolute atomic E-state index is 0.0569. The van der Waals surface area contributed by atoms with Gasteiger partial charge in [-0.05, 0) is 48.2 Å². The molecule has 0 unspecified atom stereocenters. The Balaban J connectivity index is 1.14. The number of amides is 1. The van der Waals surface area contributed by atoms with Crippen LogP contribution in [-0.4, -0.2) is 68.7 Å². The summed E-state index contributed by atoms with van der Waals surface area (Å²) >= 11 is 6.34. The van der Waals surface area contributed by atoms with E-state index in [2.05, 4.69) is 31.0 Å². The van der Waals surface area contributed by atoms with Crippen molar-refractivity contribution in [2.24, 2.45) is 0 Å². The lowest BCUT2D eigenvalue weighted by atomic mass is 10.0. The summed E-state index contributed by atoms with van der Waals surface area (Å²) in [7, 11) is 0. The molecule has 1 aromatic carbocycles. The van der Waals surface area contributed by atoms with Crippen molar-refractivity contribution in [1.29, 1.82) is 0 Å². The van der Waals surface area contributed by atoms with Gasteiger partial charge in [-0.25, -0.2) is 24.8 Å². The van der Waals surface area contributed by atoms with E-state index in [4.69, 9.17) is 16.3 Å². The number of aromatic nitrogens is 3. The number of piperazine rings is 1. The molecule has 1 amide bonds. The number of hydrogen-bond acceptors (Lipinski definition) is 7. The zero-order valence-corrected chi connectivity index (χ0v) is 19.2. The standard InChI is InChI=1S/C24H25ClN6O2/c1-17-13-18(5-7-26-17)20-14-27-23(28-15-20)33-24(32)29-9-11-30(12-10-29)31-8-6-21-19(16-31)3-2-4-22(21)25/h2-5,7,13-15H,6,8-12,16H2,1H3. The van der Waals surface area contributed by atoms with Gasteiger partial charge in [-0.3, -0.25) is 4.98 Å². The van der Waals surface area contributed by atoms with Gasteiger partial charge in [0, 0.05) is 74.1 Å². The summed E-state index contributed by atoms with van der Waals surface area (Å²) in [5.41, 5.74) is 5.26. The van der Waals surface area contributed by atoms with E-state index in [-0.39, 0.29) is 6.01 Å². The molecule has 9 heteroatoms. The molecule has 2 aliphatic heterocycles. The van der Waals surface area contributed by atoms with Crippen LogP contribution in [0.4, 0.5) is 4.79 Å². The average Bonchev–Trinajstić information content (AvgIpc) is 2.84. The van der Waals surface area contributed by atoms with Crippen LogP contribution in [-0.2, 0) is 13.0 Å². The Hall–Kier alpha value is -3.07. The van der Waals surface area contributed by atoms with Crippen LogP contribution in [0.2, 0.25) is 5.02 Å². The molecule has 0 spiro atoms. The first-order valence-corrected chi connectivity index (χ1v) is 11.4. The Kier molecular flexibility index (Phi) is 6.22. The first kappa shape index (κ1) is 21.8. The third kappa shape index (κ3) is 4.83. The predicted molar refractivity (Wildman–Crippen MR) is 125 cm³/mol. The molecule has 1 saturated heterocycles. The van der Waals surface area contributed by atoms with Crippen LogP contribution in [0.1, 0.15) is 16.8 Å². The van der Waals surface area contributed by atoms with E-state index >= 15 is 0 Å². The molecule has 0 saturated carbocycles. The van der Waals surface area contributed by atoms with Gasteiger partial charge >= 0.3 is 12.1 Å². The minimum Gasteiger partial charge on any atom is -0.374 e. The highest BCUT2D eigenvalue weighted by Gasteiger charge is 2.28. The molecule has 4 heterocycles. The van der Waals surface area contributed by atoms with E-state index in [1.807, 2.05) is 31.2 Å². The lowest BCUT2D eigenvalue weighted by Gasteiger charge is -2.42. The number of aryl methyl sites for hydroxylation is 1. The number of nitrogens with zero attached hydrogens (tertiary/aromatic N) is 6. The van der Waals surface area contributed by atoms with Crippen LogP contribution in [0.3, 0.4) is 0 Å². The maximum Gasteiger partial charge on any atom is 0.417 e. The first-order chi connectivity index (χ1) is 16.1. The van der Waals surface area contributed by atoms with Gasteiger partial charge in [0.1, 0.15) is 0 Å². The number of benzene rings is 1. The van der Waals surface area contributed by atoms with Gasteiger partial charge in [0.2, 0.25) is 0 Å². The number of hydrazine groups is 1. The summed E-state index contributed by atoms with van der Waals surface area (Å²) in [4.78, 5) is 26.9. The molecule has 2 aromatic heterocycles. The Bertz CT molecular complexity index is 1150. The van der Waals surface area contributed by atoms with Crippen LogP contribution < -0.4 is 4.74 Å². The molecule has 5 rings (SSSR count). The van der Waals surface area contributed by atoms with Crippen molar-refractivity contribution >= 4 is 17.7 Å². The van der Waals surface area contributed by atoms with E-state index in [9.17, 15) is 4.79 Å². The number of carbonyl (C=O) groups excluding carboxylic acids is 1. The second kappa shape index (κ2) is 9.43. The zero-order valence-electron chi connectivity index (χ0n) is 18.4. The summed E-state index contributed by atoms with van der Waals surface area (Å²) in [5, 5.41) is 5.52. The van der Waals surface area contributed by atoms with Crippen molar-refractivity contribution in [2.75, 3.05) is 32.7 Å². The molecule has 33 heavy (non-hydrogen) atoms. The van der Waals surface area contributed by atoms with Crippen molar-refractivity contribution in [3.05, 3.63) is 70.8 Å². The molecule has 8 nitrogen and oxygen atoms in total. The van der Waals surface area contributed by atoms with Gasteiger partial charge in [0.05, 0.1) is 0 Å². The summed E-state index contributed by atoms with van der Waals surface area (Å²) in [6.07, 6.45) is 5.57. The van der Waals surface area contributed by atoms with E-state index in [1.54, 1.807) is 23.5 Å². The third-order valence-electron chi connectivity index (χ3n) is 6.14. The highest BCUT2D eigenvalue weighted by molar-refractivity contribution is 6.31. The first-order valence-electron chi connectivity index (χ1n) is 11.0. The second-order valence-electron chi connectivity index (χ2n) is 8.26. The molecule has 0 bridgehead atoms. The van der Waals surface area contributed by atoms with Crippen molar-refractivity contribution in [2.45, 2.75) is 19.9 Å². The largest absolute Gasteiger partial charge is 0.417 e. The van der Waals surface area contributed by atoms with Crippen molar-refractivity contribution in [3.8, 4) is 17.1 Å². The topological polar surface area (TPSA) is 74.7 Å². The molecule has 0 aliphatic carbocycles. The molecule has 3 aromatic rings. The summed E-state index contributed by atoms with van der Waals surface area (Å²) in [5.74, 6) is 0. The van der Waals surface area contributed by atoms with Gasteiger partial charge in [-0.1, -0.05) is 23.7 Å². The predicted octanol–water partition coefficient (Wildman–Crippen LogP) is 3.59. The van der Waals surface area contributed by atoms with Crippen LogP contribution in [0.5, 0.6) is 6.01 Å². The highest BCUT2D eigenvalue weighted by Crippen LogP contribution is 2.27. The fraction of sp³-hybridized carbons (Fsp3) is 0.333.